The van der Waals surface area contributed by atoms with Crippen LogP contribution in [0.15, 0.2) is 12.2 Å². The van der Waals surface area contributed by atoms with Crippen molar-refractivity contribution in [3.05, 3.63) is 12.2 Å². The third-order valence-electron chi connectivity index (χ3n) is 3.05. The molecule has 0 spiro atoms. The van der Waals surface area contributed by atoms with Crippen molar-refractivity contribution >= 4 is 12.1 Å². The summed E-state index contributed by atoms with van der Waals surface area (Å²) in [7, 11) is 0. The smallest absolute Gasteiger partial charge is 0.453 e. The average Bonchev–Trinajstić information content (AvgIpc) is 2.52. The zero-order valence-corrected chi connectivity index (χ0v) is 15.3. The van der Waals surface area contributed by atoms with E-state index in [1.165, 1.54) is 13.8 Å². The number of carboxylic acid groups (broad SMARTS) is 1. The van der Waals surface area contributed by atoms with Gasteiger partial charge in [-0.1, -0.05) is 6.58 Å². The molecule has 0 radical (unpaired) electrons. The molecule has 2 N–H and O–H groups in total. The Kier molecular flexibility index (Phi) is 11.2. The Bertz CT molecular complexity index is 550. The van der Waals surface area contributed by atoms with Gasteiger partial charge in [-0.3, -0.25) is 0 Å². The highest BCUT2D eigenvalue weighted by Gasteiger charge is 2.61. The Morgan fingerprint density at radius 3 is 1.62 bits per heavy atom. The summed E-state index contributed by atoms with van der Waals surface area (Å²) in [5.74, 6) is -16.4. The second-order valence-electron chi connectivity index (χ2n) is 5.59. The molecular weight excluding hydrogens is 429 g/mol. The van der Waals surface area contributed by atoms with Crippen LogP contribution in [0.2, 0.25) is 0 Å². The van der Waals surface area contributed by atoms with Gasteiger partial charge in [0, 0.05) is 31.4 Å². The SMILES string of the molecule is C=C(C)C(=O)O.CCOC(=O)NCCC(F)(F)C(F)(F)CCC(F)(F)C(F)(F)F. The number of nitrogens with one attached hydrogen (secondary N) is 1. The summed E-state index contributed by atoms with van der Waals surface area (Å²) < 4.78 is 118. The van der Waals surface area contributed by atoms with Crippen molar-refractivity contribution in [3.8, 4) is 0 Å². The van der Waals surface area contributed by atoms with Crippen molar-refractivity contribution in [1.82, 2.24) is 5.32 Å². The van der Waals surface area contributed by atoms with E-state index in [0.29, 0.717) is 0 Å². The van der Waals surface area contributed by atoms with Crippen molar-refractivity contribution in [1.29, 1.82) is 0 Å². The van der Waals surface area contributed by atoms with Crippen LogP contribution < -0.4 is 5.32 Å². The zero-order chi connectivity index (χ0) is 23.7. The average molecular weight is 449 g/mol. The minimum atomic E-state index is -6.11. The standard InChI is InChI=1S/C11H14F9NO2.C4H6O2/c1-2-23-7(22)21-6-5-9(14,15)8(12,13)3-4-10(16,17)11(18,19)20;1-3(2)4(5)6/h2-6H2,1H3,(H,21,22);1H2,2H3,(H,5,6). The predicted molar refractivity (Wildman–Crippen MR) is 82.2 cm³/mol. The molecule has 1 amide bonds. The van der Waals surface area contributed by atoms with E-state index < -0.39 is 61.8 Å². The second-order valence-corrected chi connectivity index (χ2v) is 5.59. The first-order valence-electron chi connectivity index (χ1n) is 7.80. The monoisotopic (exact) mass is 449 g/mol. The van der Waals surface area contributed by atoms with Gasteiger partial charge in [0.15, 0.2) is 0 Å². The van der Waals surface area contributed by atoms with Gasteiger partial charge in [-0.2, -0.15) is 39.5 Å². The van der Waals surface area contributed by atoms with E-state index in [1.54, 1.807) is 5.32 Å². The third kappa shape index (κ3) is 10.8. The summed E-state index contributed by atoms with van der Waals surface area (Å²) in [6.45, 7) is 4.91. The van der Waals surface area contributed by atoms with Crippen molar-refractivity contribution in [2.24, 2.45) is 0 Å². The lowest BCUT2D eigenvalue weighted by molar-refractivity contribution is -0.293. The number of alkyl halides is 9. The molecule has 0 rings (SSSR count). The van der Waals surface area contributed by atoms with Crippen LogP contribution in [0.4, 0.5) is 44.3 Å². The normalized spacial score (nSPS) is 12.5. The number of alkyl carbamates (subject to hydrolysis) is 1. The molecule has 172 valence electrons. The maximum atomic E-state index is 13.2. The van der Waals surface area contributed by atoms with Crippen LogP contribution in [0.25, 0.3) is 0 Å². The number of amides is 1. The first-order chi connectivity index (χ1) is 12.8. The van der Waals surface area contributed by atoms with Gasteiger partial charge in [-0.15, -0.1) is 0 Å². The molecule has 0 aromatic rings. The van der Waals surface area contributed by atoms with E-state index >= 15 is 0 Å². The van der Waals surface area contributed by atoms with E-state index in [2.05, 4.69) is 11.3 Å². The largest absolute Gasteiger partial charge is 0.478 e. The molecule has 0 aliphatic rings. The predicted octanol–water partition coefficient (Wildman–Crippen LogP) is 5.02. The Balaban J connectivity index is 0. The summed E-state index contributed by atoms with van der Waals surface area (Å²) in [6, 6.07) is 0. The lowest BCUT2D eigenvalue weighted by Gasteiger charge is -2.28. The second kappa shape index (κ2) is 11.1. The molecule has 0 fully saturated rings. The van der Waals surface area contributed by atoms with Crippen LogP contribution in [0.1, 0.15) is 33.1 Å². The van der Waals surface area contributed by atoms with Gasteiger partial charge >= 0.3 is 36.0 Å². The summed E-state index contributed by atoms with van der Waals surface area (Å²) in [6.07, 6.45) is -13.8. The number of rotatable bonds is 9. The van der Waals surface area contributed by atoms with Crippen LogP contribution in [0.5, 0.6) is 0 Å². The zero-order valence-electron chi connectivity index (χ0n) is 15.3. The highest BCUT2D eigenvalue weighted by Crippen LogP contribution is 2.45. The Labute approximate surface area is 159 Å². The number of hydrogen-bond donors (Lipinski definition) is 2. The number of ether oxygens (including phenoxy) is 1. The topological polar surface area (TPSA) is 75.6 Å². The minimum Gasteiger partial charge on any atom is -0.478 e. The molecule has 0 saturated heterocycles. The quantitative estimate of drug-likeness (QED) is 0.383. The molecule has 0 aliphatic carbocycles. The molecule has 0 aromatic carbocycles. The maximum Gasteiger partial charge on any atom is 0.453 e. The lowest BCUT2D eigenvalue weighted by Crippen LogP contribution is -2.45. The number of aliphatic carboxylic acids is 1. The van der Waals surface area contributed by atoms with Crippen molar-refractivity contribution < 1.29 is 58.9 Å². The maximum absolute atomic E-state index is 13.2. The van der Waals surface area contributed by atoms with Crippen LogP contribution in [-0.4, -0.2) is 54.3 Å². The van der Waals surface area contributed by atoms with Gasteiger partial charge in [0.1, 0.15) is 0 Å². The fourth-order valence-corrected chi connectivity index (χ4v) is 1.33. The van der Waals surface area contributed by atoms with E-state index in [9.17, 15) is 49.1 Å². The third-order valence-corrected chi connectivity index (χ3v) is 3.05. The van der Waals surface area contributed by atoms with Crippen LogP contribution in [-0.2, 0) is 9.53 Å². The van der Waals surface area contributed by atoms with E-state index in [0.717, 1.165) is 0 Å². The van der Waals surface area contributed by atoms with E-state index in [1.807, 2.05) is 0 Å². The van der Waals surface area contributed by atoms with E-state index in [4.69, 9.17) is 5.11 Å². The van der Waals surface area contributed by atoms with Crippen LogP contribution >= 0.6 is 0 Å². The van der Waals surface area contributed by atoms with Gasteiger partial charge in [0.2, 0.25) is 0 Å². The van der Waals surface area contributed by atoms with Gasteiger partial charge in [0.05, 0.1) is 6.61 Å². The highest BCUT2D eigenvalue weighted by molar-refractivity contribution is 5.84. The fourth-order valence-electron chi connectivity index (χ4n) is 1.33. The van der Waals surface area contributed by atoms with Gasteiger partial charge in [-0.25, -0.2) is 9.59 Å². The number of halogens is 9. The van der Waals surface area contributed by atoms with Crippen LogP contribution in [0.3, 0.4) is 0 Å². The minimum absolute atomic E-state index is 0.106. The summed E-state index contributed by atoms with van der Waals surface area (Å²) in [4.78, 5) is 20.4. The number of carbonyl (C=O) groups excluding carboxylic acids is 1. The number of hydrogen-bond acceptors (Lipinski definition) is 3. The first-order valence-corrected chi connectivity index (χ1v) is 7.80. The fraction of sp³-hybridized carbons (Fsp3) is 0.733. The summed E-state index contributed by atoms with van der Waals surface area (Å²) in [5.41, 5.74) is 0.176. The number of carbonyl (C=O) groups is 2. The van der Waals surface area contributed by atoms with Gasteiger partial charge in [-0.05, 0) is 13.8 Å². The highest BCUT2D eigenvalue weighted by atomic mass is 19.4. The molecule has 0 aromatic heterocycles. The van der Waals surface area contributed by atoms with E-state index in [-0.39, 0.29) is 12.2 Å². The molecule has 0 unspecified atom stereocenters. The Hall–Kier alpha value is -2.15. The van der Waals surface area contributed by atoms with Crippen molar-refractivity contribution in [3.63, 3.8) is 0 Å². The summed E-state index contributed by atoms with van der Waals surface area (Å²) in [5, 5.41) is 9.60. The molecule has 0 heterocycles. The Morgan fingerprint density at radius 1 is 0.897 bits per heavy atom. The first kappa shape index (κ1) is 29.1. The molecule has 0 atom stereocenters. The van der Waals surface area contributed by atoms with Crippen LogP contribution in [0, 0.1) is 0 Å². The summed E-state index contributed by atoms with van der Waals surface area (Å²) >= 11 is 0. The van der Waals surface area contributed by atoms with Gasteiger partial charge in [0.25, 0.3) is 0 Å². The molecule has 5 nitrogen and oxygen atoms in total. The lowest BCUT2D eigenvalue weighted by atomic mass is 10.0. The molecule has 29 heavy (non-hydrogen) atoms. The molecule has 0 aliphatic heterocycles. The Morgan fingerprint density at radius 2 is 1.28 bits per heavy atom. The molecular formula is C15H20F9NO4. The van der Waals surface area contributed by atoms with Crippen molar-refractivity contribution in [2.75, 3.05) is 13.2 Å². The molecule has 14 heteroatoms. The molecule has 0 bridgehead atoms. The molecule has 0 saturated carbocycles. The van der Waals surface area contributed by atoms with Gasteiger partial charge < -0.3 is 15.2 Å². The number of carboxylic acids is 1. The van der Waals surface area contributed by atoms with Crippen molar-refractivity contribution in [2.45, 2.75) is 57.1 Å².